The number of nitrogens with two attached hydrogens (primary N) is 2. The number of amides is 2. The number of ether oxygens (including phenoxy) is 1. The van der Waals surface area contributed by atoms with E-state index in [1.165, 1.54) is 12.1 Å². The largest absolute Gasteiger partial charge is 0.416 e. The first-order valence-electron chi connectivity index (χ1n) is 11.6. The first-order chi connectivity index (χ1) is 16.9. The minimum absolute atomic E-state index is 0.0221. The van der Waals surface area contributed by atoms with Crippen LogP contribution in [0, 0.1) is 11.8 Å². The summed E-state index contributed by atoms with van der Waals surface area (Å²) in [5.74, 6) is -2.82. The third-order valence-corrected chi connectivity index (χ3v) is 5.49. The minimum atomic E-state index is -4.95. The van der Waals surface area contributed by atoms with Crippen LogP contribution < -0.4 is 11.5 Å². The van der Waals surface area contributed by atoms with E-state index in [-0.39, 0.29) is 11.8 Å². The number of primary amides is 2. The fourth-order valence-corrected chi connectivity index (χ4v) is 4.08. The molecule has 2 aromatic carbocycles. The van der Waals surface area contributed by atoms with Gasteiger partial charge in [0.25, 0.3) is 11.8 Å². The molecule has 2 aromatic rings. The average Bonchev–Trinajstić information content (AvgIpc) is 2.72. The lowest BCUT2D eigenvalue weighted by Crippen LogP contribution is -2.33. The van der Waals surface area contributed by atoms with Gasteiger partial charge in [0, 0.05) is 11.1 Å². The summed E-state index contributed by atoms with van der Waals surface area (Å²) in [6.07, 6.45) is -13.7. The van der Waals surface area contributed by atoms with Crippen LogP contribution in [0.1, 0.15) is 73.3 Å². The highest BCUT2D eigenvalue weighted by Gasteiger charge is 2.41. The van der Waals surface area contributed by atoms with Crippen molar-refractivity contribution in [2.75, 3.05) is 0 Å². The van der Waals surface area contributed by atoms with Gasteiger partial charge in [0.15, 0.2) is 12.2 Å². The predicted octanol–water partition coefficient (Wildman–Crippen LogP) is 5.89. The molecule has 0 bridgehead atoms. The Morgan fingerprint density at radius 1 is 0.703 bits per heavy atom. The Hall–Kier alpha value is -3.08. The SMILES string of the molecule is CC(C)Cc1ccc(C(OC(C(N)=O)c2ccc(CC(C)C)cc2C(F)(F)F)C(N)=O)c(C(F)(F)F)c1. The normalized spacial score (nSPS) is 14.2. The topological polar surface area (TPSA) is 95.4 Å². The van der Waals surface area contributed by atoms with Crippen LogP contribution in [0.4, 0.5) is 26.3 Å². The van der Waals surface area contributed by atoms with Crippen LogP contribution in [0.2, 0.25) is 0 Å². The van der Waals surface area contributed by atoms with Crippen molar-refractivity contribution in [3.05, 3.63) is 69.8 Å². The standard InChI is InChI=1S/C26H30F6N2O3/c1-13(2)9-15-5-7-17(19(11-15)25(27,28)29)21(23(33)35)37-22(24(34)36)18-8-6-16(10-14(3)4)12-20(18)26(30,31)32/h5-8,11-14,21-22H,9-10H2,1-4H3,(H2,33,35)(H2,34,36). The second-order valence-electron chi connectivity index (χ2n) is 9.74. The van der Waals surface area contributed by atoms with Crippen molar-refractivity contribution >= 4 is 11.8 Å². The first kappa shape index (κ1) is 30.1. The zero-order valence-corrected chi connectivity index (χ0v) is 20.8. The van der Waals surface area contributed by atoms with E-state index in [4.69, 9.17) is 16.2 Å². The molecular formula is C26H30F6N2O3. The molecule has 0 saturated carbocycles. The molecule has 11 heteroatoms. The molecule has 0 spiro atoms. The van der Waals surface area contributed by atoms with Gasteiger partial charge in [0.2, 0.25) is 0 Å². The van der Waals surface area contributed by atoms with E-state index < -0.39 is 58.6 Å². The maximum atomic E-state index is 13.9. The molecule has 0 saturated heterocycles. The summed E-state index contributed by atoms with van der Waals surface area (Å²) >= 11 is 0. The molecule has 0 aliphatic rings. The molecule has 37 heavy (non-hydrogen) atoms. The number of hydrogen-bond donors (Lipinski definition) is 2. The lowest BCUT2D eigenvalue weighted by molar-refractivity contribution is -0.149. The maximum absolute atomic E-state index is 13.9. The van der Waals surface area contributed by atoms with E-state index in [0.29, 0.717) is 24.0 Å². The highest BCUT2D eigenvalue weighted by atomic mass is 19.4. The van der Waals surface area contributed by atoms with Crippen LogP contribution in [0.3, 0.4) is 0 Å². The summed E-state index contributed by atoms with van der Waals surface area (Å²) in [7, 11) is 0. The molecule has 4 N–H and O–H groups in total. The second-order valence-corrected chi connectivity index (χ2v) is 9.74. The molecule has 0 fully saturated rings. The van der Waals surface area contributed by atoms with Crippen molar-refractivity contribution in [2.24, 2.45) is 23.3 Å². The third kappa shape index (κ3) is 7.95. The summed E-state index contributed by atoms with van der Waals surface area (Å²) in [5.41, 5.74) is 7.32. The number of hydrogen-bond acceptors (Lipinski definition) is 3. The van der Waals surface area contributed by atoms with Crippen LogP contribution in [0.25, 0.3) is 0 Å². The van der Waals surface area contributed by atoms with E-state index in [1.807, 2.05) is 0 Å². The van der Waals surface area contributed by atoms with Gasteiger partial charge in [-0.15, -0.1) is 0 Å². The smallest absolute Gasteiger partial charge is 0.367 e. The van der Waals surface area contributed by atoms with Gasteiger partial charge < -0.3 is 16.2 Å². The Labute approximate surface area is 211 Å². The molecule has 204 valence electrons. The number of alkyl halides is 6. The molecule has 0 heterocycles. The van der Waals surface area contributed by atoms with Crippen molar-refractivity contribution in [3.8, 4) is 0 Å². The summed E-state index contributed by atoms with van der Waals surface area (Å²) in [6, 6.07) is 6.29. The molecule has 2 amide bonds. The lowest BCUT2D eigenvalue weighted by Gasteiger charge is -2.26. The molecule has 0 radical (unpaired) electrons. The highest BCUT2D eigenvalue weighted by molar-refractivity contribution is 5.84. The van der Waals surface area contributed by atoms with Crippen molar-refractivity contribution in [1.29, 1.82) is 0 Å². The van der Waals surface area contributed by atoms with Crippen LogP contribution in [-0.4, -0.2) is 11.8 Å². The average molecular weight is 533 g/mol. The zero-order chi connectivity index (χ0) is 28.3. The molecule has 0 aliphatic carbocycles. The molecule has 5 nitrogen and oxygen atoms in total. The molecule has 0 aromatic heterocycles. The fourth-order valence-electron chi connectivity index (χ4n) is 4.08. The van der Waals surface area contributed by atoms with Gasteiger partial charge in [-0.2, -0.15) is 26.3 Å². The fraction of sp³-hybridized carbons (Fsp3) is 0.462. The number of rotatable bonds is 10. The minimum Gasteiger partial charge on any atom is -0.367 e. The first-order valence-corrected chi connectivity index (χ1v) is 11.6. The lowest BCUT2D eigenvalue weighted by atomic mass is 9.93. The quantitative estimate of drug-likeness (QED) is 0.374. The summed E-state index contributed by atoms with van der Waals surface area (Å²) in [4.78, 5) is 24.5. The van der Waals surface area contributed by atoms with E-state index in [2.05, 4.69) is 0 Å². The van der Waals surface area contributed by atoms with Gasteiger partial charge in [-0.1, -0.05) is 52.0 Å². The van der Waals surface area contributed by atoms with Gasteiger partial charge in [-0.3, -0.25) is 9.59 Å². The number of carbonyl (C=O) groups excluding carboxylic acids is 2. The molecular weight excluding hydrogens is 502 g/mol. The van der Waals surface area contributed by atoms with Crippen molar-refractivity contribution in [1.82, 2.24) is 0 Å². The van der Waals surface area contributed by atoms with Crippen LogP contribution in [-0.2, 0) is 39.5 Å². The zero-order valence-electron chi connectivity index (χ0n) is 20.8. The van der Waals surface area contributed by atoms with Gasteiger partial charge in [-0.05, 0) is 47.9 Å². The Morgan fingerprint density at radius 3 is 1.27 bits per heavy atom. The van der Waals surface area contributed by atoms with Crippen LogP contribution >= 0.6 is 0 Å². The van der Waals surface area contributed by atoms with E-state index in [9.17, 15) is 35.9 Å². The molecule has 2 rings (SSSR count). The molecule has 0 aliphatic heterocycles. The monoisotopic (exact) mass is 532 g/mol. The Balaban J connectivity index is 2.65. The Morgan fingerprint density at radius 2 is 1.03 bits per heavy atom. The van der Waals surface area contributed by atoms with Gasteiger partial charge in [0.05, 0.1) is 11.1 Å². The summed E-state index contributed by atoms with van der Waals surface area (Å²) in [6.45, 7) is 7.22. The molecule has 2 unspecified atom stereocenters. The second kappa shape index (κ2) is 11.5. The van der Waals surface area contributed by atoms with Gasteiger partial charge in [0.1, 0.15) is 0 Å². The number of carbonyl (C=O) groups is 2. The number of benzene rings is 2. The maximum Gasteiger partial charge on any atom is 0.416 e. The third-order valence-electron chi connectivity index (χ3n) is 5.49. The molecule has 2 atom stereocenters. The predicted molar refractivity (Wildman–Crippen MR) is 125 cm³/mol. The van der Waals surface area contributed by atoms with Gasteiger partial charge >= 0.3 is 12.4 Å². The van der Waals surface area contributed by atoms with E-state index in [1.54, 1.807) is 27.7 Å². The highest BCUT2D eigenvalue weighted by Crippen LogP contribution is 2.41. The van der Waals surface area contributed by atoms with Gasteiger partial charge in [-0.25, -0.2) is 0 Å². The summed E-state index contributed by atoms with van der Waals surface area (Å²) < 4.78 is 88.9. The number of halogens is 6. The van der Waals surface area contributed by atoms with Crippen LogP contribution in [0.5, 0.6) is 0 Å². The van der Waals surface area contributed by atoms with Crippen LogP contribution in [0.15, 0.2) is 36.4 Å². The van der Waals surface area contributed by atoms with E-state index in [0.717, 1.165) is 24.3 Å². The Kier molecular flexibility index (Phi) is 9.40. The van der Waals surface area contributed by atoms with Crippen molar-refractivity contribution in [2.45, 2.75) is 65.1 Å². The van der Waals surface area contributed by atoms with Crippen molar-refractivity contribution < 1.29 is 40.7 Å². The van der Waals surface area contributed by atoms with Crippen molar-refractivity contribution in [3.63, 3.8) is 0 Å². The van der Waals surface area contributed by atoms with E-state index >= 15 is 0 Å². The summed E-state index contributed by atoms with van der Waals surface area (Å²) in [5, 5.41) is 0. The Bertz CT molecular complexity index is 1040.